The molecule has 0 bridgehead atoms. The molecule has 1 aliphatic carbocycles. The number of ether oxygens (including phenoxy) is 1. The van der Waals surface area contributed by atoms with Crippen LogP contribution < -0.4 is 5.32 Å². The first-order valence-corrected chi connectivity index (χ1v) is 7.87. The smallest absolute Gasteiger partial charge is 0.0521 e. The summed E-state index contributed by atoms with van der Waals surface area (Å²) in [6.45, 7) is 4.49. The van der Waals surface area contributed by atoms with Gasteiger partial charge in [0.2, 0.25) is 0 Å². The minimum Gasteiger partial charge on any atom is -0.381 e. The molecule has 0 aromatic carbocycles. The maximum atomic E-state index is 5.69. The zero-order valence-corrected chi connectivity index (χ0v) is 11.7. The average molecular weight is 252 g/mol. The first-order valence-electron chi connectivity index (χ1n) is 7.87. The molecule has 3 rings (SSSR count). The van der Waals surface area contributed by atoms with E-state index < -0.39 is 0 Å². The maximum Gasteiger partial charge on any atom is 0.0521 e. The number of hydrogen-bond acceptors (Lipinski definition) is 3. The summed E-state index contributed by atoms with van der Waals surface area (Å²) < 4.78 is 5.69. The lowest BCUT2D eigenvalue weighted by Gasteiger charge is -2.38. The number of hydrogen-bond donors (Lipinski definition) is 1. The van der Waals surface area contributed by atoms with Crippen molar-refractivity contribution in [3.8, 4) is 0 Å². The molecule has 3 heteroatoms. The number of fused-ring (bicyclic) bond motifs is 1. The Labute approximate surface area is 111 Å². The van der Waals surface area contributed by atoms with Gasteiger partial charge in [0, 0.05) is 31.2 Å². The molecule has 2 heterocycles. The number of nitrogens with one attached hydrogen (secondary N) is 1. The lowest BCUT2D eigenvalue weighted by Crippen LogP contribution is -2.48. The highest BCUT2D eigenvalue weighted by atomic mass is 16.5. The molecule has 0 aromatic heterocycles. The monoisotopic (exact) mass is 252 g/mol. The van der Waals surface area contributed by atoms with Gasteiger partial charge in [-0.3, -0.25) is 4.90 Å². The van der Waals surface area contributed by atoms with Crippen LogP contribution in [0.1, 0.15) is 38.5 Å². The normalized spacial score (nSPS) is 41.8. The number of likely N-dealkylation sites (tertiary alicyclic amines) is 1. The van der Waals surface area contributed by atoms with E-state index in [2.05, 4.69) is 17.3 Å². The molecule has 0 radical (unpaired) electrons. The lowest BCUT2D eigenvalue weighted by atomic mass is 9.85. The van der Waals surface area contributed by atoms with Gasteiger partial charge in [0.15, 0.2) is 0 Å². The third-order valence-electron chi connectivity index (χ3n) is 5.44. The van der Waals surface area contributed by atoms with Crippen LogP contribution in [0, 0.1) is 11.8 Å². The van der Waals surface area contributed by atoms with Crippen molar-refractivity contribution in [3.05, 3.63) is 0 Å². The van der Waals surface area contributed by atoms with E-state index in [-0.39, 0.29) is 0 Å². The average Bonchev–Trinajstić information content (AvgIpc) is 2.83. The van der Waals surface area contributed by atoms with Crippen molar-refractivity contribution in [2.45, 2.75) is 50.6 Å². The van der Waals surface area contributed by atoms with E-state index in [0.717, 1.165) is 25.2 Å². The molecule has 104 valence electrons. The molecule has 0 aromatic rings. The Kier molecular flexibility index (Phi) is 4.22. The van der Waals surface area contributed by atoms with Gasteiger partial charge in [0.1, 0.15) is 0 Å². The van der Waals surface area contributed by atoms with Gasteiger partial charge in [-0.05, 0) is 45.2 Å². The minimum absolute atomic E-state index is 0.668. The van der Waals surface area contributed by atoms with Crippen LogP contribution in [0.25, 0.3) is 0 Å². The largest absolute Gasteiger partial charge is 0.381 e. The topological polar surface area (TPSA) is 24.5 Å². The van der Waals surface area contributed by atoms with Crippen LogP contribution in [0.4, 0.5) is 0 Å². The first kappa shape index (κ1) is 12.9. The fourth-order valence-electron chi connectivity index (χ4n) is 4.39. The van der Waals surface area contributed by atoms with Gasteiger partial charge >= 0.3 is 0 Å². The summed E-state index contributed by atoms with van der Waals surface area (Å²) in [5.41, 5.74) is 0. The highest BCUT2D eigenvalue weighted by molar-refractivity contribution is 4.92. The van der Waals surface area contributed by atoms with E-state index in [4.69, 9.17) is 4.74 Å². The van der Waals surface area contributed by atoms with Gasteiger partial charge in [0.05, 0.1) is 6.61 Å². The molecule has 3 fully saturated rings. The highest BCUT2D eigenvalue weighted by Gasteiger charge is 2.37. The maximum absolute atomic E-state index is 5.69. The quantitative estimate of drug-likeness (QED) is 0.830. The van der Waals surface area contributed by atoms with Crippen LogP contribution >= 0.6 is 0 Å². The van der Waals surface area contributed by atoms with Crippen molar-refractivity contribution in [1.29, 1.82) is 0 Å². The third kappa shape index (κ3) is 2.59. The standard InChI is InChI=1S/C15H28N2O/c1-16-14-7-9-18-11-13(14)10-17-8-6-12-4-2-3-5-15(12)17/h12-16H,2-11H2,1H3. The SMILES string of the molecule is CNC1CCOCC1CN1CCC2CCCCC21. The molecule has 4 unspecified atom stereocenters. The van der Waals surface area contributed by atoms with E-state index in [9.17, 15) is 0 Å². The van der Waals surface area contributed by atoms with Gasteiger partial charge in [-0.25, -0.2) is 0 Å². The Bertz CT molecular complexity index is 271. The number of rotatable bonds is 3. The summed E-state index contributed by atoms with van der Waals surface area (Å²) in [5.74, 6) is 1.71. The predicted molar refractivity (Wildman–Crippen MR) is 73.7 cm³/mol. The third-order valence-corrected chi connectivity index (χ3v) is 5.44. The summed E-state index contributed by atoms with van der Waals surface area (Å²) in [4.78, 5) is 2.79. The molecule has 0 amide bonds. The molecule has 18 heavy (non-hydrogen) atoms. The zero-order valence-electron chi connectivity index (χ0n) is 11.7. The van der Waals surface area contributed by atoms with Gasteiger partial charge in [-0.1, -0.05) is 12.8 Å². The van der Waals surface area contributed by atoms with Crippen molar-refractivity contribution in [2.24, 2.45) is 11.8 Å². The molecule has 4 atom stereocenters. The van der Waals surface area contributed by atoms with Gasteiger partial charge in [-0.15, -0.1) is 0 Å². The minimum atomic E-state index is 0.668. The van der Waals surface area contributed by atoms with Crippen LogP contribution in [0.15, 0.2) is 0 Å². The highest BCUT2D eigenvalue weighted by Crippen LogP contribution is 2.36. The summed E-state index contributed by atoms with van der Waals surface area (Å²) in [6, 6.07) is 1.57. The van der Waals surface area contributed by atoms with E-state index in [1.54, 1.807) is 0 Å². The fourth-order valence-corrected chi connectivity index (χ4v) is 4.39. The van der Waals surface area contributed by atoms with Crippen LogP contribution in [-0.2, 0) is 4.74 Å². The van der Waals surface area contributed by atoms with Gasteiger partial charge in [0.25, 0.3) is 0 Å². The summed E-state index contributed by atoms with van der Waals surface area (Å²) in [7, 11) is 2.11. The van der Waals surface area contributed by atoms with Crippen LogP contribution in [0.2, 0.25) is 0 Å². The Balaban J connectivity index is 1.58. The number of nitrogens with zero attached hydrogens (tertiary/aromatic N) is 1. The molecule has 2 aliphatic heterocycles. The Morgan fingerprint density at radius 2 is 2.06 bits per heavy atom. The molecular formula is C15H28N2O. The van der Waals surface area contributed by atoms with E-state index in [1.165, 1.54) is 51.6 Å². The molecule has 3 aliphatic rings. The Morgan fingerprint density at radius 3 is 2.94 bits per heavy atom. The molecule has 1 N–H and O–H groups in total. The van der Waals surface area contributed by atoms with E-state index >= 15 is 0 Å². The Morgan fingerprint density at radius 1 is 1.17 bits per heavy atom. The first-order chi connectivity index (χ1) is 8.88. The van der Waals surface area contributed by atoms with Crippen LogP contribution in [0.3, 0.4) is 0 Å². The van der Waals surface area contributed by atoms with Crippen molar-refractivity contribution < 1.29 is 4.74 Å². The summed E-state index contributed by atoms with van der Waals surface area (Å²) >= 11 is 0. The molecule has 3 nitrogen and oxygen atoms in total. The summed E-state index contributed by atoms with van der Waals surface area (Å²) in [5, 5.41) is 3.49. The molecule has 0 spiro atoms. The van der Waals surface area contributed by atoms with E-state index in [0.29, 0.717) is 12.0 Å². The molecular weight excluding hydrogens is 224 g/mol. The second-order valence-corrected chi connectivity index (χ2v) is 6.41. The lowest BCUT2D eigenvalue weighted by molar-refractivity contribution is 0.0134. The van der Waals surface area contributed by atoms with Crippen molar-refractivity contribution in [2.75, 3.05) is 33.4 Å². The second kappa shape index (κ2) is 5.89. The second-order valence-electron chi connectivity index (χ2n) is 6.41. The molecule has 2 saturated heterocycles. The predicted octanol–water partition coefficient (Wildman–Crippen LogP) is 1.88. The zero-order chi connectivity index (χ0) is 12.4. The molecule has 1 saturated carbocycles. The Hall–Kier alpha value is -0.120. The van der Waals surface area contributed by atoms with Crippen LogP contribution in [-0.4, -0.2) is 50.3 Å². The van der Waals surface area contributed by atoms with Gasteiger partial charge in [-0.2, -0.15) is 0 Å². The fraction of sp³-hybridized carbons (Fsp3) is 1.00. The van der Waals surface area contributed by atoms with E-state index in [1.807, 2.05) is 0 Å². The van der Waals surface area contributed by atoms with Crippen molar-refractivity contribution in [1.82, 2.24) is 10.2 Å². The van der Waals surface area contributed by atoms with Crippen LogP contribution in [0.5, 0.6) is 0 Å². The van der Waals surface area contributed by atoms with Gasteiger partial charge < -0.3 is 10.1 Å². The van der Waals surface area contributed by atoms with Crippen molar-refractivity contribution in [3.63, 3.8) is 0 Å². The van der Waals surface area contributed by atoms with Crippen molar-refractivity contribution >= 4 is 0 Å². The summed E-state index contributed by atoms with van der Waals surface area (Å²) in [6.07, 6.45) is 8.49.